The Balaban J connectivity index is 1.66. The summed E-state index contributed by atoms with van der Waals surface area (Å²) in [5.74, 6) is 1.23. The van der Waals surface area contributed by atoms with Gasteiger partial charge in [-0.25, -0.2) is 0 Å². The third-order valence-electron chi connectivity index (χ3n) is 5.80. The van der Waals surface area contributed by atoms with E-state index in [4.69, 9.17) is 9.47 Å². The molecule has 3 rings (SSSR count). The largest absolute Gasteiger partial charge is 0.493 e. The molecule has 0 spiro atoms. The second-order valence-corrected chi connectivity index (χ2v) is 7.65. The van der Waals surface area contributed by atoms with E-state index in [-0.39, 0.29) is 17.7 Å². The smallest absolute Gasteiger partial charge is 0.255 e. The van der Waals surface area contributed by atoms with Crippen molar-refractivity contribution in [1.82, 2.24) is 10.2 Å². The summed E-state index contributed by atoms with van der Waals surface area (Å²) in [5, 5.41) is 3.03. The van der Waals surface area contributed by atoms with E-state index in [1.54, 1.807) is 19.1 Å². The van der Waals surface area contributed by atoms with Crippen LogP contribution in [-0.2, 0) is 17.8 Å². The number of rotatable bonds is 9. The summed E-state index contributed by atoms with van der Waals surface area (Å²) >= 11 is 0. The summed E-state index contributed by atoms with van der Waals surface area (Å²) in [6.07, 6.45) is 1.47. The standard InChI is InChI=1S/C24H30N2O4/c1-5-16(2)22(26-15-18-8-6-7-9-19(18)24(26)28)23(27)25-13-12-17-10-11-20(29-3)21(14-17)30-4/h6-11,14,16,22H,5,12-13,15H2,1-4H3,(H,25,27). The van der Waals surface area contributed by atoms with Crippen molar-refractivity contribution in [3.8, 4) is 11.5 Å². The molecule has 0 saturated heterocycles. The highest BCUT2D eigenvalue weighted by Crippen LogP contribution is 2.29. The topological polar surface area (TPSA) is 67.9 Å². The highest BCUT2D eigenvalue weighted by Gasteiger charge is 2.38. The molecule has 0 saturated carbocycles. The van der Waals surface area contributed by atoms with Crippen LogP contribution in [0.25, 0.3) is 0 Å². The lowest BCUT2D eigenvalue weighted by Crippen LogP contribution is -2.50. The van der Waals surface area contributed by atoms with Gasteiger partial charge in [-0.15, -0.1) is 0 Å². The fourth-order valence-electron chi connectivity index (χ4n) is 3.90. The number of nitrogens with zero attached hydrogens (tertiary/aromatic N) is 1. The molecule has 160 valence electrons. The summed E-state index contributed by atoms with van der Waals surface area (Å²) in [5.41, 5.74) is 2.72. The SMILES string of the molecule is CCC(C)C(C(=O)NCCc1ccc(OC)c(OC)c1)N1Cc2ccccc2C1=O. The quantitative estimate of drug-likeness (QED) is 0.688. The lowest BCUT2D eigenvalue weighted by Gasteiger charge is -2.31. The first-order chi connectivity index (χ1) is 14.5. The molecular formula is C24H30N2O4. The molecule has 0 radical (unpaired) electrons. The van der Waals surface area contributed by atoms with Crippen molar-refractivity contribution in [2.75, 3.05) is 20.8 Å². The number of hydrogen-bond donors (Lipinski definition) is 1. The molecule has 0 fully saturated rings. The average Bonchev–Trinajstić information content (AvgIpc) is 3.09. The number of fused-ring (bicyclic) bond motifs is 1. The fraction of sp³-hybridized carbons (Fsp3) is 0.417. The van der Waals surface area contributed by atoms with Crippen LogP contribution in [0.15, 0.2) is 42.5 Å². The summed E-state index contributed by atoms with van der Waals surface area (Å²) in [6, 6.07) is 12.8. The maximum absolute atomic E-state index is 13.1. The Morgan fingerprint density at radius 1 is 1.13 bits per heavy atom. The van der Waals surface area contributed by atoms with Crippen LogP contribution in [0, 0.1) is 5.92 Å². The molecule has 2 atom stereocenters. The summed E-state index contributed by atoms with van der Waals surface area (Å²) in [6.45, 7) is 5.03. The van der Waals surface area contributed by atoms with E-state index in [1.807, 2.05) is 56.3 Å². The Bertz CT molecular complexity index is 912. The molecule has 2 unspecified atom stereocenters. The number of carbonyl (C=O) groups excluding carboxylic acids is 2. The van der Waals surface area contributed by atoms with Crippen LogP contribution in [0.1, 0.15) is 41.8 Å². The Labute approximate surface area is 178 Å². The van der Waals surface area contributed by atoms with Gasteiger partial charge in [-0.1, -0.05) is 44.5 Å². The van der Waals surface area contributed by atoms with Gasteiger partial charge in [-0.05, 0) is 41.7 Å². The number of nitrogens with one attached hydrogen (secondary N) is 1. The second-order valence-electron chi connectivity index (χ2n) is 7.65. The number of ether oxygens (including phenoxy) is 2. The van der Waals surface area contributed by atoms with Gasteiger partial charge in [0.05, 0.1) is 14.2 Å². The van der Waals surface area contributed by atoms with Crippen LogP contribution < -0.4 is 14.8 Å². The van der Waals surface area contributed by atoms with Gasteiger partial charge in [0.2, 0.25) is 5.91 Å². The van der Waals surface area contributed by atoms with Crippen LogP contribution in [0.4, 0.5) is 0 Å². The lowest BCUT2D eigenvalue weighted by molar-refractivity contribution is -0.127. The first-order valence-corrected chi connectivity index (χ1v) is 10.4. The number of benzene rings is 2. The zero-order chi connectivity index (χ0) is 21.7. The molecule has 0 aromatic heterocycles. The number of hydrogen-bond acceptors (Lipinski definition) is 4. The van der Waals surface area contributed by atoms with Gasteiger partial charge in [-0.3, -0.25) is 9.59 Å². The Hall–Kier alpha value is -3.02. The summed E-state index contributed by atoms with van der Waals surface area (Å²) < 4.78 is 10.6. The van der Waals surface area contributed by atoms with E-state index in [1.165, 1.54) is 0 Å². The Morgan fingerprint density at radius 2 is 1.87 bits per heavy atom. The average molecular weight is 411 g/mol. The minimum Gasteiger partial charge on any atom is -0.493 e. The van der Waals surface area contributed by atoms with Crippen LogP contribution in [0.3, 0.4) is 0 Å². The van der Waals surface area contributed by atoms with E-state index in [0.717, 1.165) is 17.5 Å². The highest BCUT2D eigenvalue weighted by molar-refractivity contribution is 6.01. The van der Waals surface area contributed by atoms with Gasteiger partial charge < -0.3 is 19.7 Å². The zero-order valence-electron chi connectivity index (χ0n) is 18.1. The molecule has 1 aliphatic rings. The molecule has 0 bridgehead atoms. The lowest BCUT2D eigenvalue weighted by atomic mass is 9.96. The van der Waals surface area contributed by atoms with Gasteiger partial charge in [0, 0.05) is 18.7 Å². The van der Waals surface area contributed by atoms with Gasteiger partial charge in [-0.2, -0.15) is 0 Å². The molecule has 2 aromatic carbocycles. The molecule has 6 nitrogen and oxygen atoms in total. The monoisotopic (exact) mass is 410 g/mol. The van der Waals surface area contributed by atoms with Gasteiger partial charge in [0.1, 0.15) is 6.04 Å². The summed E-state index contributed by atoms with van der Waals surface area (Å²) in [7, 11) is 3.20. The van der Waals surface area contributed by atoms with Crippen molar-refractivity contribution in [2.24, 2.45) is 5.92 Å². The Morgan fingerprint density at radius 3 is 2.53 bits per heavy atom. The van der Waals surface area contributed by atoms with Gasteiger partial charge in [0.25, 0.3) is 5.91 Å². The molecule has 6 heteroatoms. The third-order valence-corrected chi connectivity index (χ3v) is 5.80. The van der Waals surface area contributed by atoms with Crippen molar-refractivity contribution in [1.29, 1.82) is 0 Å². The predicted octanol–water partition coefficient (Wildman–Crippen LogP) is 3.43. The van der Waals surface area contributed by atoms with Crippen LogP contribution >= 0.6 is 0 Å². The van der Waals surface area contributed by atoms with Crippen molar-refractivity contribution in [3.63, 3.8) is 0 Å². The van der Waals surface area contributed by atoms with Gasteiger partial charge in [0.15, 0.2) is 11.5 Å². The van der Waals surface area contributed by atoms with Crippen LogP contribution in [0.2, 0.25) is 0 Å². The number of amides is 2. The van der Waals surface area contributed by atoms with Crippen molar-refractivity contribution >= 4 is 11.8 Å². The summed E-state index contributed by atoms with van der Waals surface area (Å²) in [4.78, 5) is 27.7. The number of methoxy groups -OCH3 is 2. The van der Waals surface area contributed by atoms with Crippen LogP contribution in [0.5, 0.6) is 11.5 Å². The molecule has 30 heavy (non-hydrogen) atoms. The zero-order valence-corrected chi connectivity index (χ0v) is 18.1. The molecule has 1 N–H and O–H groups in total. The van der Waals surface area contributed by atoms with E-state index in [0.29, 0.717) is 36.6 Å². The van der Waals surface area contributed by atoms with Gasteiger partial charge >= 0.3 is 0 Å². The van der Waals surface area contributed by atoms with E-state index >= 15 is 0 Å². The molecular weight excluding hydrogens is 380 g/mol. The van der Waals surface area contributed by atoms with Crippen molar-refractivity contribution in [3.05, 3.63) is 59.2 Å². The molecule has 2 aromatic rings. The molecule has 1 aliphatic heterocycles. The van der Waals surface area contributed by atoms with Crippen LogP contribution in [-0.4, -0.2) is 43.5 Å². The highest BCUT2D eigenvalue weighted by atomic mass is 16.5. The van der Waals surface area contributed by atoms with E-state index in [2.05, 4.69) is 5.32 Å². The minimum absolute atomic E-state index is 0.0596. The normalized spacial score (nSPS) is 14.8. The van der Waals surface area contributed by atoms with E-state index < -0.39 is 6.04 Å². The predicted molar refractivity (Wildman–Crippen MR) is 116 cm³/mol. The third kappa shape index (κ3) is 4.42. The minimum atomic E-state index is -0.486. The van der Waals surface area contributed by atoms with Crippen molar-refractivity contribution in [2.45, 2.75) is 39.3 Å². The maximum Gasteiger partial charge on any atom is 0.255 e. The fourth-order valence-corrected chi connectivity index (χ4v) is 3.90. The first-order valence-electron chi connectivity index (χ1n) is 10.4. The number of carbonyl (C=O) groups is 2. The van der Waals surface area contributed by atoms with E-state index in [9.17, 15) is 9.59 Å². The Kier molecular flexibility index (Phi) is 6.98. The molecule has 0 aliphatic carbocycles. The molecule has 1 heterocycles. The molecule has 2 amide bonds. The first kappa shape index (κ1) is 21.7. The second kappa shape index (κ2) is 9.65. The van der Waals surface area contributed by atoms with Crippen molar-refractivity contribution < 1.29 is 19.1 Å². The maximum atomic E-state index is 13.1.